The molecule has 1 N–H and O–H groups in total. The summed E-state index contributed by atoms with van der Waals surface area (Å²) in [7, 11) is 0. The first-order valence-corrected chi connectivity index (χ1v) is 14.6. The van der Waals surface area contributed by atoms with Crippen LogP contribution in [0.1, 0.15) is 84.3 Å². The van der Waals surface area contributed by atoms with Crippen molar-refractivity contribution in [2.75, 3.05) is 4.90 Å². The molecular weight excluding hydrogens is 553 g/mol. The van der Waals surface area contributed by atoms with Gasteiger partial charge in [-0.15, -0.1) is 13.2 Å². The van der Waals surface area contributed by atoms with Crippen LogP contribution < -0.4 is 9.64 Å². The van der Waals surface area contributed by atoms with Crippen LogP contribution in [0.4, 0.5) is 19.1 Å². The third-order valence-electron chi connectivity index (χ3n) is 9.42. The van der Waals surface area contributed by atoms with Gasteiger partial charge in [-0.1, -0.05) is 17.3 Å². The number of hydrogen-bond acceptors (Lipinski definition) is 8. The summed E-state index contributed by atoms with van der Waals surface area (Å²) in [6.07, 6.45) is 1.91. The molecule has 0 radical (unpaired) electrons. The van der Waals surface area contributed by atoms with Crippen molar-refractivity contribution in [1.82, 2.24) is 15.1 Å². The molecule has 8 rings (SSSR count). The maximum atomic E-state index is 13.1. The van der Waals surface area contributed by atoms with Gasteiger partial charge in [-0.05, 0) is 69.1 Å². The Morgan fingerprint density at radius 3 is 2.60 bits per heavy atom. The number of carbonyl (C=O) groups is 1. The smallest absolute Gasteiger partial charge is 0.477 e. The Bertz CT molecular complexity index is 1550. The molecule has 2 aliphatic heterocycles. The summed E-state index contributed by atoms with van der Waals surface area (Å²) in [6.45, 7) is 0.177. The number of halogens is 3. The molecule has 3 aliphatic carbocycles. The van der Waals surface area contributed by atoms with Gasteiger partial charge >= 0.3 is 12.3 Å². The van der Waals surface area contributed by atoms with E-state index >= 15 is 0 Å². The van der Waals surface area contributed by atoms with E-state index in [1.807, 2.05) is 0 Å². The molecule has 9 nitrogen and oxygen atoms in total. The molecule has 2 aromatic heterocycles. The monoisotopic (exact) mass is 582 g/mol. The molecule has 2 bridgehead atoms. The first-order chi connectivity index (χ1) is 20.2. The van der Waals surface area contributed by atoms with Crippen molar-refractivity contribution in [3.63, 3.8) is 0 Å². The Morgan fingerprint density at radius 2 is 1.86 bits per heavy atom. The highest BCUT2D eigenvalue weighted by atomic mass is 19.4. The summed E-state index contributed by atoms with van der Waals surface area (Å²) in [5.74, 6) is 0.904. The Morgan fingerprint density at radius 1 is 1.07 bits per heavy atom. The van der Waals surface area contributed by atoms with E-state index in [0.29, 0.717) is 34.8 Å². The second-order valence-corrected chi connectivity index (χ2v) is 12.2. The number of nitrogens with zero attached hydrogens (tertiary/aromatic N) is 4. The number of hydrogen-bond donors (Lipinski definition) is 1. The van der Waals surface area contributed by atoms with Crippen molar-refractivity contribution in [3.8, 4) is 17.0 Å². The van der Waals surface area contributed by atoms with Gasteiger partial charge in [0.2, 0.25) is 5.95 Å². The van der Waals surface area contributed by atoms with Crippen LogP contribution in [-0.2, 0) is 11.3 Å². The first-order valence-electron chi connectivity index (χ1n) is 14.6. The number of benzene rings is 1. The number of aromatic nitrogens is 3. The van der Waals surface area contributed by atoms with Crippen LogP contribution in [0.2, 0.25) is 0 Å². The summed E-state index contributed by atoms with van der Waals surface area (Å²) in [5.41, 5.74) is 2.05. The third kappa shape index (κ3) is 4.60. The lowest BCUT2D eigenvalue weighted by atomic mass is 10.0. The molecular formula is C30H29F3N4O5. The number of carboxylic acids is 1. The normalized spacial score (nSPS) is 28.1. The summed E-state index contributed by atoms with van der Waals surface area (Å²) in [5, 5.41) is 13.9. The molecule has 12 heteroatoms. The van der Waals surface area contributed by atoms with Gasteiger partial charge in [-0.3, -0.25) is 0 Å². The summed E-state index contributed by atoms with van der Waals surface area (Å²) in [6, 6.07) is 7.94. The van der Waals surface area contributed by atoms with Crippen LogP contribution in [-0.4, -0.2) is 50.8 Å². The molecule has 5 aliphatic rings. The van der Waals surface area contributed by atoms with Crippen LogP contribution in [0, 0.1) is 11.8 Å². The van der Waals surface area contributed by atoms with Crippen LogP contribution in [0.25, 0.3) is 11.3 Å². The second-order valence-electron chi connectivity index (χ2n) is 12.2. The third-order valence-corrected chi connectivity index (χ3v) is 9.42. The molecule has 4 heterocycles. The lowest BCUT2D eigenvalue weighted by Crippen LogP contribution is -2.42. The Kier molecular flexibility index (Phi) is 5.83. The Labute approximate surface area is 239 Å². The van der Waals surface area contributed by atoms with Gasteiger partial charge in [0.05, 0.1) is 12.7 Å². The second kappa shape index (κ2) is 9.42. The zero-order chi connectivity index (χ0) is 28.7. The number of aromatic carboxylic acids is 1. The number of rotatable bonds is 9. The molecule has 2 saturated heterocycles. The van der Waals surface area contributed by atoms with E-state index in [9.17, 15) is 23.1 Å². The number of para-hydroxylation sites is 1. The summed E-state index contributed by atoms with van der Waals surface area (Å²) < 4.78 is 55.9. The zero-order valence-corrected chi connectivity index (χ0v) is 22.6. The number of carboxylic acid groups (broad SMARTS) is 1. The lowest BCUT2D eigenvalue weighted by molar-refractivity contribution is -0.274. The average molecular weight is 583 g/mol. The summed E-state index contributed by atoms with van der Waals surface area (Å²) in [4.78, 5) is 23.3. The quantitative estimate of drug-likeness (QED) is 0.322. The minimum atomic E-state index is -4.84. The van der Waals surface area contributed by atoms with Gasteiger partial charge in [-0.25, -0.2) is 14.8 Å². The van der Waals surface area contributed by atoms with Gasteiger partial charge in [0.15, 0.2) is 5.69 Å². The van der Waals surface area contributed by atoms with Crippen molar-refractivity contribution in [2.45, 2.75) is 87.9 Å². The molecule has 5 fully saturated rings. The highest BCUT2D eigenvalue weighted by molar-refractivity contribution is 5.85. The minimum absolute atomic E-state index is 0.0233. The van der Waals surface area contributed by atoms with E-state index in [0.717, 1.165) is 50.6 Å². The molecule has 3 saturated carbocycles. The van der Waals surface area contributed by atoms with E-state index < -0.39 is 12.3 Å². The molecule has 3 aromatic rings. The maximum absolute atomic E-state index is 13.1. The van der Waals surface area contributed by atoms with Gasteiger partial charge in [0, 0.05) is 46.7 Å². The number of piperidine rings is 1. The molecule has 5 atom stereocenters. The molecule has 220 valence electrons. The number of anilines is 1. The fourth-order valence-electron chi connectivity index (χ4n) is 7.21. The predicted octanol–water partition coefficient (Wildman–Crippen LogP) is 6.06. The average Bonchev–Trinajstić information content (AvgIpc) is 3.86. The van der Waals surface area contributed by atoms with Crippen LogP contribution in [0.3, 0.4) is 0 Å². The number of alkyl halides is 3. The van der Waals surface area contributed by atoms with Crippen molar-refractivity contribution in [2.24, 2.45) is 11.8 Å². The minimum Gasteiger partial charge on any atom is -0.477 e. The fraction of sp³-hybridized carbons (Fsp3) is 0.533. The SMILES string of the molecule is O=C(O)c1cc(C2CC2)nc(N2C3CCC2C2C(C3)[C@@H]2OCc2c(-c3ccccc3OC(F)(F)F)noc2C2CC2)n1. The van der Waals surface area contributed by atoms with Crippen molar-refractivity contribution in [3.05, 3.63) is 53.0 Å². The maximum Gasteiger partial charge on any atom is 0.573 e. The highest BCUT2D eigenvalue weighted by Crippen LogP contribution is 2.59. The molecule has 1 aromatic carbocycles. The molecule has 0 amide bonds. The van der Waals surface area contributed by atoms with Crippen molar-refractivity contribution >= 4 is 11.9 Å². The Hall–Kier alpha value is -3.67. The Balaban J connectivity index is 1.04. The van der Waals surface area contributed by atoms with Gasteiger partial charge < -0.3 is 24.0 Å². The van der Waals surface area contributed by atoms with E-state index in [2.05, 4.69) is 19.8 Å². The largest absolute Gasteiger partial charge is 0.573 e. The van der Waals surface area contributed by atoms with Crippen molar-refractivity contribution < 1.29 is 37.1 Å². The first kappa shape index (κ1) is 26.0. The van der Waals surface area contributed by atoms with Crippen LogP contribution in [0.15, 0.2) is 34.9 Å². The zero-order valence-electron chi connectivity index (χ0n) is 22.6. The number of fused-ring (bicyclic) bond motifs is 4. The predicted molar refractivity (Wildman–Crippen MR) is 141 cm³/mol. The highest BCUT2D eigenvalue weighted by Gasteiger charge is 2.64. The van der Waals surface area contributed by atoms with E-state index in [1.165, 1.54) is 12.1 Å². The molecule has 4 unspecified atom stereocenters. The molecule has 0 spiro atoms. The topological polar surface area (TPSA) is 111 Å². The van der Waals surface area contributed by atoms with Crippen LogP contribution in [0.5, 0.6) is 5.75 Å². The van der Waals surface area contributed by atoms with E-state index in [-0.39, 0.29) is 53.6 Å². The molecule has 42 heavy (non-hydrogen) atoms. The van der Waals surface area contributed by atoms with E-state index in [4.69, 9.17) is 14.2 Å². The van der Waals surface area contributed by atoms with E-state index in [1.54, 1.807) is 18.2 Å². The van der Waals surface area contributed by atoms with Crippen LogP contribution >= 0.6 is 0 Å². The lowest BCUT2D eigenvalue weighted by Gasteiger charge is -2.34. The van der Waals surface area contributed by atoms with Crippen molar-refractivity contribution in [1.29, 1.82) is 0 Å². The van der Waals surface area contributed by atoms with Gasteiger partial charge in [-0.2, -0.15) is 0 Å². The fourth-order valence-corrected chi connectivity index (χ4v) is 7.21. The number of ether oxygens (including phenoxy) is 2. The van der Waals surface area contributed by atoms with Gasteiger partial charge in [0.1, 0.15) is 17.2 Å². The standard InChI is InChI=1S/C30H29F3N4O5/c31-30(32,33)41-23-4-2-1-3-17(23)25-19(26(42-36-25)15-7-8-15)13-40-27-18-11-16-9-10-22(24(18)27)37(16)29-34-20(14-5-6-14)12-21(35-29)28(38)39/h1-4,12,14-16,18,22,24,27H,5-11,13H2,(H,38,39)/t16?,18?,22?,24?,27-/m0/s1. The summed E-state index contributed by atoms with van der Waals surface area (Å²) >= 11 is 0. The van der Waals surface area contributed by atoms with Gasteiger partial charge in [0.25, 0.3) is 0 Å².